The fraction of sp³-hybridized carbons (Fsp3) is 0. The van der Waals surface area contributed by atoms with Crippen molar-refractivity contribution in [1.29, 1.82) is 0 Å². The number of pyridine rings is 1. The normalized spacial score (nSPS) is 9.60. The molecule has 0 saturated carbocycles. The number of fused-ring (bicyclic) bond motifs is 1. The fourth-order valence-electron chi connectivity index (χ4n) is 1.24. The zero-order chi connectivity index (χ0) is 10.1. The van der Waals surface area contributed by atoms with Crippen LogP contribution >= 0.6 is 0 Å². The molecular formula is C9H5KN2O3. The summed E-state index contributed by atoms with van der Waals surface area (Å²) in [6.45, 7) is 0. The number of hydrogen-bond acceptors (Lipinski definition) is 4. The Balaban J connectivity index is 0.00000112. The molecule has 0 atom stereocenters. The molecule has 2 aromatic rings. The van der Waals surface area contributed by atoms with E-state index in [2.05, 4.69) is 9.97 Å². The molecule has 2 heterocycles. The second-order valence-electron chi connectivity index (χ2n) is 2.72. The van der Waals surface area contributed by atoms with E-state index < -0.39 is 11.8 Å². The van der Waals surface area contributed by atoms with Crippen molar-refractivity contribution in [3.63, 3.8) is 0 Å². The van der Waals surface area contributed by atoms with E-state index in [0.29, 0.717) is 11.0 Å². The molecule has 1 N–H and O–H groups in total. The smallest absolute Gasteiger partial charge is 0.541 e. The molecule has 0 aliphatic rings. The maximum Gasteiger partial charge on any atom is 1.00 e. The average Bonchev–Trinajstić information content (AvgIpc) is 2.60. The first kappa shape index (κ1) is 12.5. The van der Waals surface area contributed by atoms with Gasteiger partial charge in [-0.05, 0) is 12.1 Å². The molecule has 5 nitrogen and oxygen atoms in total. The van der Waals surface area contributed by atoms with Crippen LogP contribution in [0.4, 0.5) is 0 Å². The molecule has 0 aliphatic carbocycles. The minimum Gasteiger partial charge on any atom is -0.541 e. The molecule has 2 rings (SSSR count). The summed E-state index contributed by atoms with van der Waals surface area (Å²) in [5.41, 5.74) is 0.999. The number of aliphatic carboxylic acids is 1. The number of aromatic amines is 1. The maximum atomic E-state index is 11.1. The molecule has 0 aromatic carbocycles. The van der Waals surface area contributed by atoms with Crippen LogP contribution in [0.25, 0.3) is 11.0 Å². The third-order valence-electron chi connectivity index (χ3n) is 1.86. The van der Waals surface area contributed by atoms with E-state index in [9.17, 15) is 14.7 Å². The molecule has 0 bridgehead atoms. The van der Waals surface area contributed by atoms with E-state index in [0.717, 1.165) is 0 Å². The summed E-state index contributed by atoms with van der Waals surface area (Å²) in [6.07, 6.45) is 2.80. The zero-order valence-corrected chi connectivity index (χ0v) is 11.1. The van der Waals surface area contributed by atoms with Crippen LogP contribution in [0.1, 0.15) is 10.4 Å². The van der Waals surface area contributed by atoms with Crippen molar-refractivity contribution in [2.75, 3.05) is 0 Å². The van der Waals surface area contributed by atoms with Gasteiger partial charge in [0.05, 0.1) is 16.6 Å². The summed E-state index contributed by atoms with van der Waals surface area (Å²) in [5.74, 6) is -2.79. The van der Waals surface area contributed by atoms with E-state index in [-0.39, 0.29) is 56.9 Å². The topological polar surface area (TPSA) is 85.9 Å². The van der Waals surface area contributed by atoms with Crippen molar-refractivity contribution in [2.24, 2.45) is 0 Å². The first-order valence-corrected chi connectivity index (χ1v) is 3.88. The van der Waals surface area contributed by atoms with Gasteiger partial charge in [-0.3, -0.25) is 9.78 Å². The van der Waals surface area contributed by atoms with Crippen LogP contribution in [0.5, 0.6) is 0 Å². The maximum absolute atomic E-state index is 11.1. The number of aromatic nitrogens is 2. The Morgan fingerprint density at radius 2 is 2.13 bits per heavy atom. The van der Waals surface area contributed by atoms with Crippen LogP contribution in [0.3, 0.4) is 0 Å². The predicted octanol–water partition coefficient (Wildman–Crippen LogP) is -3.50. The predicted molar refractivity (Wildman–Crippen MR) is 45.4 cm³/mol. The first-order chi connectivity index (χ1) is 6.70. The summed E-state index contributed by atoms with van der Waals surface area (Å²) in [5, 5.41) is 10.3. The van der Waals surface area contributed by atoms with Gasteiger partial charge in [0.2, 0.25) is 5.78 Å². The summed E-state index contributed by atoms with van der Waals surface area (Å²) >= 11 is 0. The van der Waals surface area contributed by atoms with Crippen molar-refractivity contribution < 1.29 is 66.1 Å². The number of carbonyl (C=O) groups is 2. The molecule has 0 aliphatic heterocycles. The number of H-pyrrole nitrogens is 1. The Kier molecular flexibility index (Phi) is 4.18. The first-order valence-electron chi connectivity index (χ1n) is 3.88. The van der Waals surface area contributed by atoms with Gasteiger partial charge in [0.25, 0.3) is 0 Å². The van der Waals surface area contributed by atoms with Crippen LogP contribution < -0.4 is 56.5 Å². The zero-order valence-electron chi connectivity index (χ0n) is 7.98. The quantitative estimate of drug-likeness (QED) is 0.328. The Morgan fingerprint density at radius 1 is 1.40 bits per heavy atom. The number of carboxylic acids is 1. The van der Waals surface area contributed by atoms with E-state index in [1.807, 2.05) is 0 Å². The number of Topliss-reactive ketones (excluding diaryl/α,β-unsaturated/α-hetero) is 1. The molecule has 2 aromatic heterocycles. The Hall–Kier alpha value is -0.534. The molecule has 0 unspecified atom stereocenters. The number of nitrogens with one attached hydrogen (secondary N) is 1. The Morgan fingerprint density at radius 3 is 2.80 bits per heavy atom. The molecule has 70 valence electrons. The van der Waals surface area contributed by atoms with Crippen LogP contribution in [0.2, 0.25) is 0 Å². The summed E-state index contributed by atoms with van der Waals surface area (Å²) in [4.78, 5) is 28.1. The molecule has 0 amide bonds. The number of nitrogens with zero attached hydrogens (tertiary/aromatic N) is 1. The fourth-order valence-corrected chi connectivity index (χ4v) is 1.24. The number of carbonyl (C=O) groups excluding carboxylic acids is 2. The van der Waals surface area contributed by atoms with Crippen LogP contribution in [0.15, 0.2) is 24.5 Å². The Bertz CT molecular complexity index is 521. The van der Waals surface area contributed by atoms with Crippen LogP contribution in [-0.4, -0.2) is 21.7 Å². The summed E-state index contributed by atoms with van der Waals surface area (Å²) < 4.78 is 0. The van der Waals surface area contributed by atoms with Crippen molar-refractivity contribution in [2.45, 2.75) is 0 Å². The van der Waals surface area contributed by atoms with E-state index >= 15 is 0 Å². The van der Waals surface area contributed by atoms with Gasteiger partial charge in [-0.25, -0.2) is 0 Å². The van der Waals surface area contributed by atoms with Gasteiger partial charge in [-0.1, -0.05) is 0 Å². The second-order valence-corrected chi connectivity index (χ2v) is 2.72. The molecule has 15 heavy (non-hydrogen) atoms. The number of hydrogen-bond donors (Lipinski definition) is 1. The van der Waals surface area contributed by atoms with Gasteiger partial charge in [0, 0.05) is 12.4 Å². The van der Waals surface area contributed by atoms with Gasteiger partial charge >= 0.3 is 51.4 Å². The largest absolute Gasteiger partial charge is 1.00 e. The van der Waals surface area contributed by atoms with Gasteiger partial charge in [0.15, 0.2) is 0 Å². The molecule has 0 radical (unpaired) electrons. The standard InChI is InChI=1S/C9H6N2O3.K/c12-8(9(13)14)5-4-11-6-2-1-3-10-7(5)6;/h1-4,11H,(H,13,14);/q;+1/p-1. The van der Waals surface area contributed by atoms with Gasteiger partial charge in [-0.15, -0.1) is 0 Å². The third kappa shape index (κ3) is 2.35. The molecule has 0 spiro atoms. The summed E-state index contributed by atoms with van der Waals surface area (Å²) in [6, 6.07) is 3.39. The van der Waals surface area contributed by atoms with Crippen molar-refractivity contribution in [3.8, 4) is 0 Å². The average molecular weight is 228 g/mol. The van der Waals surface area contributed by atoms with Crippen LogP contribution in [-0.2, 0) is 4.79 Å². The van der Waals surface area contributed by atoms with Crippen molar-refractivity contribution >= 4 is 22.8 Å². The second kappa shape index (κ2) is 5.00. The Labute approximate surface area is 127 Å². The monoisotopic (exact) mass is 228 g/mol. The van der Waals surface area contributed by atoms with Crippen molar-refractivity contribution in [1.82, 2.24) is 9.97 Å². The molecule has 6 heteroatoms. The van der Waals surface area contributed by atoms with Crippen molar-refractivity contribution in [3.05, 3.63) is 30.1 Å². The number of carboxylic acid groups (broad SMARTS) is 1. The molecule has 0 saturated heterocycles. The van der Waals surface area contributed by atoms with Gasteiger partial charge < -0.3 is 14.9 Å². The minimum atomic E-state index is -1.73. The molecule has 0 fully saturated rings. The van der Waals surface area contributed by atoms with E-state index in [1.54, 1.807) is 12.1 Å². The third-order valence-corrected chi connectivity index (χ3v) is 1.86. The molecular weight excluding hydrogens is 223 g/mol. The number of ketones is 1. The van der Waals surface area contributed by atoms with Gasteiger partial charge in [-0.2, -0.15) is 0 Å². The summed E-state index contributed by atoms with van der Waals surface area (Å²) in [7, 11) is 0. The SMILES string of the molecule is O=C([O-])C(=O)c1c[nH]c2cccnc12.[K+]. The van der Waals surface area contributed by atoms with Crippen LogP contribution in [0, 0.1) is 0 Å². The van der Waals surface area contributed by atoms with E-state index in [1.165, 1.54) is 12.4 Å². The van der Waals surface area contributed by atoms with Gasteiger partial charge in [0.1, 0.15) is 5.97 Å². The number of rotatable bonds is 2. The minimum absolute atomic E-state index is 0. The van der Waals surface area contributed by atoms with E-state index in [4.69, 9.17) is 0 Å².